The van der Waals surface area contributed by atoms with Crippen LogP contribution in [0, 0.1) is 0 Å². The van der Waals surface area contributed by atoms with E-state index in [0.717, 1.165) is 18.0 Å². The van der Waals surface area contributed by atoms with E-state index < -0.39 is 0 Å². The van der Waals surface area contributed by atoms with Gasteiger partial charge in [0.2, 0.25) is 0 Å². The van der Waals surface area contributed by atoms with E-state index in [2.05, 4.69) is 17.0 Å². The summed E-state index contributed by atoms with van der Waals surface area (Å²) in [7, 11) is 3.92. The predicted octanol–water partition coefficient (Wildman–Crippen LogP) is 1.10. The molecular weight excluding hydrogens is 164 g/mol. The maximum absolute atomic E-state index is 4.39. The average Bonchev–Trinajstić information content (AvgIpc) is 2.51. The fourth-order valence-electron chi connectivity index (χ4n) is 1.08. The van der Waals surface area contributed by atoms with Crippen molar-refractivity contribution in [1.82, 2.24) is 14.6 Å². The summed E-state index contributed by atoms with van der Waals surface area (Å²) in [6, 6.07) is 0. The first-order chi connectivity index (χ1) is 6.15. The van der Waals surface area contributed by atoms with Gasteiger partial charge in [0.15, 0.2) is 0 Å². The number of aromatic nitrogens is 2. The Morgan fingerprint density at radius 2 is 2.38 bits per heavy atom. The molecular formula is C9H16N4. The van der Waals surface area contributed by atoms with Gasteiger partial charge in [0.1, 0.15) is 0 Å². The number of aryl methyl sites for hydroxylation is 1. The molecule has 1 rings (SSSR count). The topological polar surface area (TPSA) is 33.4 Å². The zero-order valence-electron chi connectivity index (χ0n) is 8.65. The van der Waals surface area contributed by atoms with Gasteiger partial charge in [0.05, 0.1) is 23.9 Å². The second kappa shape index (κ2) is 4.07. The van der Waals surface area contributed by atoms with E-state index in [4.69, 9.17) is 0 Å². The Kier molecular flexibility index (Phi) is 3.06. The van der Waals surface area contributed by atoms with Crippen LogP contribution in [0.4, 0.5) is 0 Å². The minimum atomic E-state index is 0.912. The maximum Gasteiger partial charge on any atom is 0.0948 e. The molecule has 1 aromatic rings. The van der Waals surface area contributed by atoms with Crippen LogP contribution in [0.3, 0.4) is 0 Å². The molecule has 0 aliphatic heterocycles. The SMILES string of the molecule is CCN(C)/N=C(\C)c1cncn1C. The first kappa shape index (κ1) is 9.77. The smallest absolute Gasteiger partial charge is 0.0948 e. The van der Waals surface area contributed by atoms with Crippen molar-refractivity contribution in [2.24, 2.45) is 12.1 Å². The highest BCUT2D eigenvalue weighted by Gasteiger charge is 2.02. The van der Waals surface area contributed by atoms with Crippen LogP contribution in [0.5, 0.6) is 0 Å². The first-order valence-electron chi connectivity index (χ1n) is 4.38. The molecule has 4 heteroatoms. The van der Waals surface area contributed by atoms with Gasteiger partial charge < -0.3 is 9.58 Å². The monoisotopic (exact) mass is 180 g/mol. The Morgan fingerprint density at radius 1 is 1.69 bits per heavy atom. The van der Waals surface area contributed by atoms with Crippen molar-refractivity contribution >= 4 is 5.71 Å². The normalized spacial score (nSPS) is 11.8. The molecule has 0 fully saturated rings. The molecule has 0 bridgehead atoms. The average molecular weight is 180 g/mol. The molecule has 0 unspecified atom stereocenters. The quantitative estimate of drug-likeness (QED) is 0.515. The largest absolute Gasteiger partial charge is 0.333 e. The van der Waals surface area contributed by atoms with E-state index in [1.165, 1.54) is 0 Å². The number of rotatable bonds is 3. The van der Waals surface area contributed by atoms with Crippen molar-refractivity contribution in [2.75, 3.05) is 13.6 Å². The highest BCUT2D eigenvalue weighted by Crippen LogP contribution is 1.99. The fraction of sp³-hybridized carbons (Fsp3) is 0.556. The molecule has 0 saturated heterocycles. The summed E-state index contributed by atoms with van der Waals surface area (Å²) in [5, 5.41) is 6.29. The fourth-order valence-corrected chi connectivity index (χ4v) is 1.08. The van der Waals surface area contributed by atoms with Gasteiger partial charge in [-0.1, -0.05) is 0 Å². The number of nitrogens with zero attached hydrogens (tertiary/aromatic N) is 4. The van der Waals surface area contributed by atoms with Crippen LogP contribution in [-0.4, -0.2) is 33.9 Å². The van der Waals surface area contributed by atoms with Gasteiger partial charge in [-0.15, -0.1) is 0 Å². The molecule has 0 saturated carbocycles. The Labute approximate surface area is 78.9 Å². The zero-order valence-corrected chi connectivity index (χ0v) is 8.65. The molecule has 0 N–H and O–H groups in total. The first-order valence-corrected chi connectivity index (χ1v) is 4.38. The second-order valence-corrected chi connectivity index (χ2v) is 3.05. The van der Waals surface area contributed by atoms with Gasteiger partial charge in [-0.3, -0.25) is 0 Å². The van der Waals surface area contributed by atoms with Crippen molar-refractivity contribution in [1.29, 1.82) is 0 Å². The van der Waals surface area contributed by atoms with Gasteiger partial charge in [0, 0.05) is 20.6 Å². The summed E-state index contributed by atoms with van der Waals surface area (Å²) in [5.74, 6) is 0. The van der Waals surface area contributed by atoms with Crippen molar-refractivity contribution in [2.45, 2.75) is 13.8 Å². The molecule has 0 radical (unpaired) electrons. The van der Waals surface area contributed by atoms with Crippen LogP contribution < -0.4 is 0 Å². The Balaban J connectivity index is 2.84. The predicted molar refractivity (Wildman–Crippen MR) is 53.7 cm³/mol. The Morgan fingerprint density at radius 3 is 2.85 bits per heavy atom. The molecule has 0 atom stereocenters. The van der Waals surface area contributed by atoms with E-state index >= 15 is 0 Å². The van der Waals surface area contributed by atoms with E-state index in [1.54, 1.807) is 6.33 Å². The zero-order chi connectivity index (χ0) is 9.84. The third kappa shape index (κ3) is 2.31. The molecule has 72 valence electrons. The lowest BCUT2D eigenvalue weighted by Crippen LogP contribution is -2.14. The third-order valence-electron chi connectivity index (χ3n) is 1.97. The Hall–Kier alpha value is -1.32. The summed E-state index contributed by atoms with van der Waals surface area (Å²) < 4.78 is 1.96. The summed E-state index contributed by atoms with van der Waals surface area (Å²) in [6.07, 6.45) is 3.60. The number of imidazole rings is 1. The van der Waals surface area contributed by atoms with Gasteiger partial charge in [-0.25, -0.2) is 4.98 Å². The molecule has 1 aromatic heterocycles. The van der Waals surface area contributed by atoms with Crippen molar-refractivity contribution in [3.63, 3.8) is 0 Å². The van der Waals surface area contributed by atoms with Crippen LogP contribution in [0.1, 0.15) is 19.5 Å². The number of hydrazone groups is 1. The van der Waals surface area contributed by atoms with Crippen LogP contribution in [0.25, 0.3) is 0 Å². The van der Waals surface area contributed by atoms with E-state index in [-0.39, 0.29) is 0 Å². The molecule has 13 heavy (non-hydrogen) atoms. The van der Waals surface area contributed by atoms with Gasteiger partial charge >= 0.3 is 0 Å². The lowest BCUT2D eigenvalue weighted by Gasteiger charge is -2.11. The second-order valence-electron chi connectivity index (χ2n) is 3.05. The third-order valence-corrected chi connectivity index (χ3v) is 1.97. The summed E-state index contributed by atoms with van der Waals surface area (Å²) in [4.78, 5) is 4.04. The minimum absolute atomic E-state index is 0.912. The van der Waals surface area contributed by atoms with Crippen molar-refractivity contribution < 1.29 is 0 Å². The van der Waals surface area contributed by atoms with E-state index in [9.17, 15) is 0 Å². The highest BCUT2D eigenvalue weighted by atomic mass is 15.4. The molecule has 4 nitrogen and oxygen atoms in total. The summed E-state index contributed by atoms with van der Waals surface area (Å²) in [6.45, 7) is 4.97. The van der Waals surface area contributed by atoms with E-state index in [1.807, 2.05) is 36.8 Å². The standard InChI is InChI=1S/C9H16N4/c1-5-13(4)11-8(2)9-6-10-7-12(9)3/h6-7H,5H2,1-4H3/b11-8+. The van der Waals surface area contributed by atoms with Crippen LogP contribution in [0.2, 0.25) is 0 Å². The lowest BCUT2D eigenvalue weighted by molar-refractivity contribution is 0.375. The van der Waals surface area contributed by atoms with Gasteiger partial charge in [-0.2, -0.15) is 5.10 Å². The molecule has 1 heterocycles. The van der Waals surface area contributed by atoms with Crippen molar-refractivity contribution in [3.8, 4) is 0 Å². The van der Waals surface area contributed by atoms with Gasteiger partial charge in [-0.05, 0) is 13.8 Å². The molecule has 0 amide bonds. The lowest BCUT2D eigenvalue weighted by atomic mass is 10.3. The molecule has 0 aliphatic rings. The van der Waals surface area contributed by atoms with E-state index in [0.29, 0.717) is 0 Å². The Bertz CT molecular complexity index is 300. The van der Waals surface area contributed by atoms with Crippen LogP contribution in [-0.2, 0) is 7.05 Å². The molecule has 0 aliphatic carbocycles. The van der Waals surface area contributed by atoms with Gasteiger partial charge in [0.25, 0.3) is 0 Å². The van der Waals surface area contributed by atoms with Crippen molar-refractivity contribution in [3.05, 3.63) is 18.2 Å². The molecule has 0 aromatic carbocycles. The highest BCUT2D eigenvalue weighted by molar-refractivity contribution is 5.96. The molecule has 0 spiro atoms. The van der Waals surface area contributed by atoms with Crippen LogP contribution >= 0.6 is 0 Å². The summed E-state index contributed by atoms with van der Waals surface area (Å²) in [5.41, 5.74) is 2.05. The maximum atomic E-state index is 4.39. The number of hydrogen-bond donors (Lipinski definition) is 0. The summed E-state index contributed by atoms with van der Waals surface area (Å²) >= 11 is 0. The number of hydrogen-bond acceptors (Lipinski definition) is 3. The van der Waals surface area contributed by atoms with Crippen LogP contribution in [0.15, 0.2) is 17.6 Å². The minimum Gasteiger partial charge on any atom is -0.333 e.